The van der Waals surface area contributed by atoms with Crippen LogP contribution in [-0.2, 0) is 16.6 Å². The van der Waals surface area contributed by atoms with Crippen molar-refractivity contribution < 1.29 is 24.2 Å². The van der Waals surface area contributed by atoms with Crippen molar-refractivity contribution in [2.45, 2.75) is 33.6 Å². The molecule has 0 atom stereocenters. The molecular weight excluding hydrogens is 484 g/mol. The van der Waals surface area contributed by atoms with Gasteiger partial charge in [0, 0.05) is 48.0 Å². The van der Waals surface area contributed by atoms with Gasteiger partial charge in [-0.25, -0.2) is 0 Å². The average molecular weight is 519 g/mol. The largest absolute Gasteiger partial charge is 0.481 e. The molecule has 9 heteroatoms. The second kappa shape index (κ2) is 10.4. The van der Waals surface area contributed by atoms with E-state index in [1.54, 1.807) is 26.1 Å². The number of amides is 1. The minimum absolute atomic E-state index is 0.0193. The van der Waals surface area contributed by atoms with Crippen molar-refractivity contribution in [3.63, 3.8) is 0 Å². The minimum Gasteiger partial charge on any atom is -0.481 e. The fourth-order valence-electron chi connectivity index (χ4n) is 5.02. The first-order chi connectivity index (χ1) is 17.9. The number of carbonyl (C=O) groups excluding carboxylic acids is 2. The van der Waals surface area contributed by atoms with Crippen LogP contribution in [0, 0.1) is 12.3 Å². The zero-order valence-electron chi connectivity index (χ0n) is 22.7. The summed E-state index contributed by atoms with van der Waals surface area (Å²) in [5.41, 5.74) is 2.64. The van der Waals surface area contributed by atoms with Crippen molar-refractivity contribution in [3.05, 3.63) is 47.8 Å². The van der Waals surface area contributed by atoms with Gasteiger partial charge in [-0.05, 0) is 67.7 Å². The Morgan fingerprint density at radius 1 is 1.05 bits per heavy atom. The Morgan fingerprint density at radius 2 is 1.79 bits per heavy atom. The lowest BCUT2D eigenvalue weighted by atomic mass is 9.86. The maximum atomic E-state index is 13.0. The van der Waals surface area contributed by atoms with E-state index in [9.17, 15) is 14.4 Å². The molecule has 0 bridgehead atoms. The summed E-state index contributed by atoms with van der Waals surface area (Å²) in [6.07, 6.45) is 1.51. The number of carbonyl (C=O) groups is 3. The SMILES string of the molecule is Cc1c2ccnc(C(=O)NCCN(C)C)c2cc2c3cc(OC(=O)CC(C)(C)CC(=O)O)ccc3n(C)c12. The van der Waals surface area contributed by atoms with E-state index in [1.165, 1.54) is 0 Å². The highest BCUT2D eigenvalue weighted by Crippen LogP contribution is 2.37. The zero-order chi connectivity index (χ0) is 27.8. The maximum absolute atomic E-state index is 13.0. The standard InChI is InChI=1S/C29H34N4O5/c1-17-19-9-10-30-26(28(37)31-11-12-32(4)5)21(19)14-22-20-13-18(7-8-23(20)33(6)27(17)22)38-25(36)16-29(2,3)15-24(34)35/h7-10,13-14H,11-12,15-16H2,1-6H3,(H,31,37)(H,34,35). The molecule has 1 amide bonds. The predicted octanol–water partition coefficient (Wildman–Crippen LogP) is 4.28. The van der Waals surface area contributed by atoms with Crippen LogP contribution in [0.4, 0.5) is 0 Å². The summed E-state index contributed by atoms with van der Waals surface area (Å²) in [6.45, 7) is 6.72. The molecule has 0 unspecified atom stereocenters. The molecule has 4 rings (SSSR count). The molecule has 0 aliphatic heterocycles. The molecule has 2 N–H and O–H groups in total. The van der Waals surface area contributed by atoms with Crippen molar-refractivity contribution in [1.82, 2.24) is 19.8 Å². The van der Waals surface area contributed by atoms with Crippen LogP contribution in [0.5, 0.6) is 5.75 Å². The molecule has 2 aromatic heterocycles. The molecule has 2 heterocycles. The summed E-state index contributed by atoms with van der Waals surface area (Å²) in [4.78, 5) is 43.1. The quantitative estimate of drug-likeness (QED) is 0.251. The summed E-state index contributed by atoms with van der Waals surface area (Å²) in [6, 6.07) is 9.36. The molecule has 38 heavy (non-hydrogen) atoms. The van der Waals surface area contributed by atoms with Gasteiger partial charge in [0.1, 0.15) is 11.4 Å². The molecule has 0 aliphatic rings. The van der Waals surface area contributed by atoms with Gasteiger partial charge in [0.2, 0.25) is 0 Å². The van der Waals surface area contributed by atoms with Crippen LogP contribution in [0.15, 0.2) is 36.5 Å². The van der Waals surface area contributed by atoms with Crippen LogP contribution in [0.3, 0.4) is 0 Å². The van der Waals surface area contributed by atoms with E-state index in [-0.39, 0.29) is 18.7 Å². The molecular formula is C29H34N4O5. The van der Waals surface area contributed by atoms with Gasteiger partial charge in [0.15, 0.2) is 0 Å². The number of nitrogens with zero attached hydrogens (tertiary/aromatic N) is 3. The molecule has 0 fully saturated rings. The van der Waals surface area contributed by atoms with E-state index in [4.69, 9.17) is 9.84 Å². The summed E-state index contributed by atoms with van der Waals surface area (Å²) >= 11 is 0. The fraction of sp³-hybridized carbons (Fsp3) is 0.379. The Hall–Kier alpha value is -3.98. The van der Waals surface area contributed by atoms with Gasteiger partial charge < -0.3 is 24.6 Å². The summed E-state index contributed by atoms with van der Waals surface area (Å²) < 4.78 is 7.72. The number of aromatic nitrogens is 2. The number of carboxylic acids is 1. The van der Waals surface area contributed by atoms with Crippen LogP contribution < -0.4 is 10.1 Å². The lowest BCUT2D eigenvalue weighted by Crippen LogP contribution is -2.31. The van der Waals surface area contributed by atoms with E-state index in [2.05, 4.69) is 14.9 Å². The first-order valence-corrected chi connectivity index (χ1v) is 12.5. The second-order valence-electron chi connectivity index (χ2n) is 10.8. The number of pyridine rings is 1. The van der Waals surface area contributed by atoms with E-state index >= 15 is 0 Å². The number of hydrogen-bond donors (Lipinski definition) is 2. The maximum Gasteiger partial charge on any atom is 0.311 e. The van der Waals surface area contributed by atoms with Crippen LogP contribution >= 0.6 is 0 Å². The first-order valence-electron chi connectivity index (χ1n) is 12.5. The predicted molar refractivity (Wildman–Crippen MR) is 148 cm³/mol. The lowest BCUT2D eigenvalue weighted by molar-refractivity contribution is -0.141. The van der Waals surface area contributed by atoms with Crippen LogP contribution in [0.1, 0.15) is 42.7 Å². The number of rotatable bonds is 9. The Balaban J connectivity index is 1.75. The molecule has 0 radical (unpaired) electrons. The van der Waals surface area contributed by atoms with Gasteiger partial charge in [0.05, 0.1) is 18.4 Å². The third kappa shape index (κ3) is 5.47. The smallest absolute Gasteiger partial charge is 0.311 e. The normalized spacial score (nSPS) is 12.0. The number of benzene rings is 2. The first kappa shape index (κ1) is 27.1. The monoisotopic (exact) mass is 518 g/mol. The van der Waals surface area contributed by atoms with Crippen molar-refractivity contribution in [1.29, 1.82) is 0 Å². The van der Waals surface area contributed by atoms with E-state index in [0.29, 0.717) is 18.0 Å². The van der Waals surface area contributed by atoms with Crippen molar-refractivity contribution >= 4 is 50.4 Å². The van der Waals surface area contributed by atoms with Crippen LogP contribution in [-0.4, -0.2) is 64.6 Å². The average Bonchev–Trinajstić information content (AvgIpc) is 3.08. The van der Waals surface area contributed by atoms with E-state index in [0.717, 1.165) is 44.7 Å². The van der Waals surface area contributed by atoms with E-state index < -0.39 is 17.4 Å². The highest BCUT2D eigenvalue weighted by Gasteiger charge is 2.26. The fourth-order valence-corrected chi connectivity index (χ4v) is 5.02. The van der Waals surface area contributed by atoms with Gasteiger partial charge in [-0.3, -0.25) is 19.4 Å². The number of fused-ring (bicyclic) bond motifs is 4. The number of carboxylic acid groups (broad SMARTS) is 1. The summed E-state index contributed by atoms with van der Waals surface area (Å²) in [7, 11) is 5.89. The Kier molecular flexibility index (Phi) is 7.42. The van der Waals surface area contributed by atoms with Gasteiger partial charge in [-0.15, -0.1) is 0 Å². The molecule has 4 aromatic rings. The van der Waals surface area contributed by atoms with Gasteiger partial charge in [-0.2, -0.15) is 0 Å². The highest BCUT2D eigenvalue weighted by atomic mass is 16.5. The Labute approximate surface area is 221 Å². The third-order valence-electron chi connectivity index (χ3n) is 6.79. The molecule has 0 saturated heterocycles. The lowest BCUT2D eigenvalue weighted by Gasteiger charge is -2.20. The number of esters is 1. The molecule has 0 aliphatic carbocycles. The molecule has 0 saturated carbocycles. The van der Waals surface area contributed by atoms with Gasteiger partial charge >= 0.3 is 11.9 Å². The molecule has 0 spiro atoms. The number of nitrogens with one attached hydrogen (secondary N) is 1. The summed E-state index contributed by atoms with van der Waals surface area (Å²) in [5, 5.41) is 15.6. The number of aliphatic carboxylic acids is 1. The molecule has 200 valence electrons. The number of likely N-dealkylation sites (N-methyl/N-ethyl adjacent to an activating group) is 1. The minimum atomic E-state index is -0.956. The van der Waals surface area contributed by atoms with Crippen molar-refractivity contribution in [3.8, 4) is 5.75 Å². The molecule has 9 nitrogen and oxygen atoms in total. The third-order valence-corrected chi connectivity index (χ3v) is 6.79. The Morgan fingerprint density at radius 3 is 2.47 bits per heavy atom. The van der Waals surface area contributed by atoms with Crippen molar-refractivity contribution in [2.75, 3.05) is 27.2 Å². The Bertz CT molecular complexity index is 1570. The zero-order valence-corrected chi connectivity index (χ0v) is 22.7. The van der Waals surface area contributed by atoms with Gasteiger partial charge in [0.25, 0.3) is 5.91 Å². The summed E-state index contributed by atoms with van der Waals surface area (Å²) in [5.74, 6) is -1.29. The second-order valence-corrected chi connectivity index (χ2v) is 10.8. The van der Waals surface area contributed by atoms with Crippen LogP contribution in [0.25, 0.3) is 32.6 Å². The number of aryl methyl sites for hydroxylation is 2. The number of hydrogen-bond acceptors (Lipinski definition) is 6. The van der Waals surface area contributed by atoms with E-state index in [1.807, 2.05) is 57.2 Å². The van der Waals surface area contributed by atoms with Crippen LogP contribution in [0.2, 0.25) is 0 Å². The number of ether oxygens (including phenoxy) is 1. The molecule has 2 aromatic carbocycles. The van der Waals surface area contributed by atoms with Crippen molar-refractivity contribution in [2.24, 2.45) is 12.5 Å². The van der Waals surface area contributed by atoms with Gasteiger partial charge in [-0.1, -0.05) is 13.8 Å². The highest BCUT2D eigenvalue weighted by molar-refractivity contribution is 6.17. The topological polar surface area (TPSA) is 114 Å².